The summed E-state index contributed by atoms with van der Waals surface area (Å²) in [6.07, 6.45) is 7.50. The van der Waals surface area contributed by atoms with E-state index in [0.29, 0.717) is 0 Å². The molecule has 0 saturated heterocycles. The molecule has 1 aliphatic carbocycles. The van der Waals surface area contributed by atoms with Gasteiger partial charge in [-0.25, -0.2) is 0 Å². The van der Waals surface area contributed by atoms with Crippen LogP contribution < -0.4 is 0 Å². The van der Waals surface area contributed by atoms with Crippen molar-refractivity contribution in [3.05, 3.63) is 36.4 Å². The van der Waals surface area contributed by atoms with Crippen LogP contribution in [0.25, 0.3) is 0 Å². The number of hydrogen-bond donors (Lipinski definition) is 0. The first-order chi connectivity index (χ1) is 6.50. The molecule has 1 saturated carbocycles. The third-order valence-electron chi connectivity index (χ3n) is 1.92. The lowest BCUT2D eigenvalue weighted by Crippen LogP contribution is -1.47. The van der Waals surface area contributed by atoms with Gasteiger partial charge in [-0.1, -0.05) is 82.3 Å². The highest BCUT2D eigenvalue weighted by Crippen LogP contribution is 2.15. The Morgan fingerprint density at radius 1 is 0.462 bits per heavy atom. The van der Waals surface area contributed by atoms with E-state index in [1.165, 1.54) is 32.1 Å². The lowest BCUT2D eigenvalue weighted by atomic mass is 10.4. The van der Waals surface area contributed by atoms with Crippen LogP contribution in [0.4, 0.5) is 0 Å². The van der Waals surface area contributed by atoms with Crippen LogP contribution in [0.15, 0.2) is 36.4 Å². The SMILES string of the molecule is C1CCCC1.CC.c1ccccc1. The van der Waals surface area contributed by atoms with Crippen molar-refractivity contribution >= 4 is 0 Å². The van der Waals surface area contributed by atoms with Crippen molar-refractivity contribution in [1.82, 2.24) is 0 Å². The maximum Gasteiger partial charge on any atom is -0.0533 e. The van der Waals surface area contributed by atoms with Gasteiger partial charge in [0.1, 0.15) is 0 Å². The van der Waals surface area contributed by atoms with Gasteiger partial charge >= 0.3 is 0 Å². The molecule has 1 aliphatic rings. The fourth-order valence-electron chi connectivity index (χ4n) is 1.27. The largest absolute Gasteiger partial charge is 0.0683 e. The van der Waals surface area contributed by atoms with Crippen molar-refractivity contribution < 1.29 is 0 Å². The lowest BCUT2D eigenvalue weighted by molar-refractivity contribution is 0.886. The summed E-state index contributed by atoms with van der Waals surface area (Å²) < 4.78 is 0. The molecule has 0 nitrogen and oxygen atoms in total. The van der Waals surface area contributed by atoms with Gasteiger partial charge in [-0.15, -0.1) is 0 Å². The lowest BCUT2D eigenvalue weighted by Gasteiger charge is -1.69. The Labute approximate surface area is 83.0 Å². The average Bonchev–Trinajstić information content (AvgIpc) is 2.82. The van der Waals surface area contributed by atoms with Crippen LogP contribution in [0.3, 0.4) is 0 Å². The fraction of sp³-hybridized carbons (Fsp3) is 0.538. The molecule has 0 heterocycles. The van der Waals surface area contributed by atoms with Crippen molar-refractivity contribution in [2.75, 3.05) is 0 Å². The Kier molecular flexibility index (Phi) is 10.5. The third kappa shape index (κ3) is 9.13. The molecule has 0 aliphatic heterocycles. The summed E-state index contributed by atoms with van der Waals surface area (Å²) in [6.45, 7) is 4.00. The average molecular weight is 178 g/mol. The molecule has 0 aromatic heterocycles. The topological polar surface area (TPSA) is 0 Å². The standard InChI is InChI=1S/C6H6.C5H10.C2H6/c1-2-4-6-5-3-1;1-2-4-5-3-1;1-2/h1-6H;1-5H2;1-2H3. The van der Waals surface area contributed by atoms with Gasteiger partial charge in [0.25, 0.3) is 0 Å². The molecule has 13 heavy (non-hydrogen) atoms. The van der Waals surface area contributed by atoms with Crippen LogP contribution >= 0.6 is 0 Å². The molecule has 0 N–H and O–H groups in total. The van der Waals surface area contributed by atoms with Gasteiger partial charge in [0.05, 0.1) is 0 Å². The predicted molar refractivity (Wildman–Crippen MR) is 60.9 cm³/mol. The van der Waals surface area contributed by atoms with Gasteiger partial charge in [0.2, 0.25) is 0 Å². The highest BCUT2D eigenvalue weighted by atomic mass is 14.0. The van der Waals surface area contributed by atoms with Crippen LogP contribution in [0.2, 0.25) is 0 Å². The zero-order chi connectivity index (χ0) is 9.78. The molecule has 1 aromatic carbocycles. The summed E-state index contributed by atoms with van der Waals surface area (Å²) in [5.41, 5.74) is 0. The van der Waals surface area contributed by atoms with Crippen LogP contribution in [-0.2, 0) is 0 Å². The Morgan fingerprint density at radius 3 is 0.769 bits per heavy atom. The van der Waals surface area contributed by atoms with E-state index in [9.17, 15) is 0 Å². The monoisotopic (exact) mass is 178 g/mol. The van der Waals surface area contributed by atoms with E-state index >= 15 is 0 Å². The van der Waals surface area contributed by atoms with E-state index in [2.05, 4.69) is 0 Å². The van der Waals surface area contributed by atoms with E-state index in [4.69, 9.17) is 0 Å². The Hall–Kier alpha value is -0.780. The van der Waals surface area contributed by atoms with Gasteiger partial charge in [-0.2, -0.15) is 0 Å². The van der Waals surface area contributed by atoms with E-state index in [-0.39, 0.29) is 0 Å². The first-order valence-electron chi connectivity index (χ1n) is 5.50. The predicted octanol–water partition coefficient (Wildman–Crippen LogP) is 4.66. The summed E-state index contributed by atoms with van der Waals surface area (Å²) in [4.78, 5) is 0. The molecule has 0 amide bonds. The molecule has 1 fully saturated rings. The zero-order valence-electron chi connectivity index (χ0n) is 9.00. The molecular formula is C13H22. The summed E-state index contributed by atoms with van der Waals surface area (Å²) in [7, 11) is 0. The summed E-state index contributed by atoms with van der Waals surface area (Å²) in [5.74, 6) is 0. The Morgan fingerprint density at radius 2 is 0.615 bits per heavy atom. The first-order valence-corrected chi connectivity index (χ1v) is 5.50. The van der Waals surface area contributed by atoms with E-state index < -0.39 is 0 Å². The molecule has 74 valence electrons. The highest BCUT2D eigenvalue weighted by Gasteiger charge is 1.95. The molecule has 0 atom stereocenters. The molecule has 0 bridgehead atoms. The van der Waals surface area contributed by atoms with Gasteiger partial charge in [-0.3, -0.25) is 0 Å². The zero-order valence-corrected chi connectivity index (χ0v) is 9.00. The summed E-state index contributed by atoms with van der Waals surface area (Å²) >= 11 is 0. The van der Waals surface area contributed by atoms with Gasteiger partial charge < -0.3 is 0 Å². The van der Waals surface area contributed by atoms with Crippen LogP contribution in [-0.4, -0.2) is 0 Å². The van der Waals surface area contributed by atoms with E-state index in [0.717, 1.165) is 0 Å². The van der Waals surface area contributed by atoms with Crippen molar-refractivity contribution in [1.29, 1.82) is 0 Å². The van der Waals surface area contributed by atoms with Crippen LogP contribution in [0.1, 0.15) is 46.0 Å². The minimum atomic E-state index is 1.50. The summed E-state index contributed by atoms with van der Waals surface area (Å²) in [5, 5.41) is 0. The van der Waals surface area contributed by atoms with E-state index in [1.807, 2.05) is 50.2 Å². The second-order valence-electron chi connectivity index (χ2n) is 2.92. The number of hydrogen-bond acceptors (Lipinski definition) is 0. The molecular weight excluding hydrogens is 156 g/mol. The van der Waals surface area contributed by atoms with Crippen LogP contribution in [0, 0.1) is 0 Å². The molecule has 2 rings (SSSR count). The second-order valence-corrected chi connectivity index (χ2v) is 2.92. The normalized spacial score (nSPS) is 13.4. The maximum absolute atomic E-state index is 2.00. The quantitative estimate of drug-likeness (QED) is 0.542. The summed E-state index contributed by atoms with van der Waals surface area (Å²) in [6, 6.07) is 12.0. The molecule has 0 unspecified atom stereocenters. The smallest absolute Gasteiger partial charge is 0.0533 e. The molecule has 0 spiro atoms. The first kappa shape index (κ1) is 12.2. The number of rotatable bonds is 0. The molecule has 0 heteroatoms. The van der Waals surface area contributed by atoms with Crippen molar-refractivity contribution in [2.45, 2.75) is 46.0 Å². The van der Waals surface area contributed by atoms with Gasteiger partial charge in [0.15, 0.2) is 0 Å². The van der Waals surface area contributed by atoms with Crippen LogP contribution in [0.5, 0.6) is 0 Å². The van der Waals surface area contributed by atoms with Crippen molar-refractivity contribution in [3.63, 3.8) is 0 Å². The van der Waals surface area contributed by atoms with Crippen molar-refractivity contribution in [2.24, 2.45) is 0 Å². The third-order valence-corrected chi connectivity index (χ3v) is 1.92. The minimum absolute atomic E-state index is 1.50. The molecule has 0 radical (unpaired) electrons. The minimum Gasteiger partial charge on any atom is -0.0683 e. The second kappa shape index (κ2) is 11.2. The van der Waals surface area contributed by atoms with Gasteiger partial charge in [0, 0.05) is 0 Å². The Balaban J connectivity index is 0.000000189. The van der Waals surface area contributed by atoms with Crippen molar-refractivity contribution in [3.8, 4) is 0 Å². The maximum atomic E-state index is 2.00. The number of benzene rings is 1. The van der Waals surface area contributed by atoms with E-state index in [1.54, 1.807) is 0 Å². The fourth-order valence-corrected chi connectivity index (χ4v) is 1.27. The molecule has 1 aromatic rings. The Bertz CT molecular complexity index is 117. The van der Waals surface area contributed by atoms with Gasteiger partial charge in [-0.05, 0) is 0 Å². The highest BCUT2D eigenvalue weighted by molar-refractivity contribution is 4.99.